The van der Waals surface area contributed by atoms with Crippen molar-refractivity contribution in [3.8, 4) is 11.3 Å². The van der Waals surface area contributed by atoms with Gasteiger partial charge >= 0.3 is 0 Å². The highest BCUT2D eigenvalue weighted by atomic mass is 15.4. The molecule has 0 radical (unpaired) electrons. The minimum Gasteiger partial charge on any atom is -0.357 e. The number of H-pyrrole nitrogens is 2. The molecular formula is C24H25N7. The first kappa shape index (κ1) is 18.3. The van der Waals surface area contributed by atoms with Crippen molar-refractivity contribution in [3.05, 3.63) is 66.2 Å². The fraction of sp³-hybridized carbons (Fsp3) is 0.292. The summed E-state index contributed by atoms with van der Waals surface area (Å²) in [5.41, 5.74) is 6.28. The van der Waals surface area contributed by atoms with Crippen molar-refractivity contribution < 1.29 is 0 Å². The van der Waals surface area contributed by atoms with Crippen LogP contribution in [0.4, 0.5) is 0 Å². The average Bonchev–Trinajstić information content (AvgIpc) is 3.48. The first-order valence-corrected chi connectivity index (χ1v) is 10.9. The van der Waals surface area contributed by atoms with Crippen molar-refractivity contribution in [3.63, 3.8) is 0 Å². The van der Waals surface area contributed by atoms with Crippen molar-refractivity contribution in [1.29, 1.82) is 0 Å². The van der Waals surface area contributed by atoms with Crippen LogP contribution in [0.5, 0.6) is 0 Å². The maximum Gasteiger partial charge on any atom is 0.137 e. The third kappa shape index (κ3) is 3.72. The summed E-state index contributed by atoms with van der Waals surface area (Å²) in [5, 5.41) is 14.6. The lowest BCUT2D eigenvalue weighted by molar-refractivity contribution is 0.301. The number of hydrogen-bond acceptors (Lipinski definition) is 4. The summed E-state index contributed by atoms with van der Waals surface area (Å²) in [6.07, 6.45) is 9.86. The van der Waals surface area contributed by atoms with Crippen LogP contribution in [0.15, 0.2) is 55.0 Å². The molecule has 4 aromatic heterocycles. The number of fused-ring (bicyclic) bond motifs is 2. The van der Waals surface area contributed by atoms with Gasteiger partial charge in [-0.3, -0.25) is 0 Å². The van der Waals surface area contributed by atoms with Gasteiger partial charge in [0.1, 0.15) is 11.3 Å². The summed E-state index contributed by atoms with van der Waals surface area (Å²) in [4.78, 5) is 11.1. The van der Waals surface area contributed by atoms with E-state index in [0.717, 1.165) is 41.3 Å². The van der Waals surface area contributed by atoms with Gasteiger partial charge in [0.25, 0.3) is 0 Å². The molecule has 5 aromatic rings. The molecule has 1 aliphatic rings. The largest absolute Gasteiger partial charge is 0.357 e. The maximum absolute atomic E-state index is 4.44. The van der Waals surface area contributed by atoms with Crippen molar-refractivity contribution >= 4 is 21.9 Å². The Balaban J connectivity index is 1.15. The van der Waals surface area contributed by atoms with E-state index < -0.39 is 0 Å². The van der Waals surface area contributed by atoms with Crippen LogP contribution < -0.4 is 5.32 Å². The Morgan fingerprint density at radius 2 is 2.06 bits per heavy atom. The summed E-state index contributed by atoms with van der Waals surface area (Å²) in [6.45, 7) is 2.70. The fourth-order valence-electron chi connectivity index (χ4n) is 4.31. The molecule has 1 aromatic carbocycles. The van der Waals surface area contributed by atoms with Gasteiger partial charge in [-0.25, -0.2) is 9.67 Å². The van der Waals surface area contributed by atoms with E-state index in [2.05, 4.69) is 60.9 Å². The van der Waals surface area contributed by atoms with Crippen molar-refractivity contribution in [2.45, 2.75) is 32.4 Å². The first-order valence-electron chi connectivity index (χ1n) is 10.9. The molecular weight excluding hydrogens is 386 g/mol. The number of aromatic amines is 2. The van der Waals surface area contributed by atoms with Crippen LogP contribution in [0, 0.1) is 5.92 Å². The monoisotopic (exact) mass is 411 g/mol. The van der Waals surface area contributed by atoms with Crippen molar-refractivity contribution in [2.24, 2.45) is 5.92 Å². The number of benzene rings is 1. The lowest BCUT2D eigenvalue weighted by Gasteiger charge is -2.25. The molecule has 3 N–H and O–H groups in total. The maximum atomic E-state index is 4.44. The number of nitrogens with zero attached hydrogens (tertiary/aromatic N) is 4. The molecule has 6 rings (SSSR count). The summed E-state index contributed by atoms with van der Waals surface area (Å²) in [5.74, 6) is 0.879. The van der Waals surface area contributed by atoms with Crippen LogP contribution in [0.2, 0.25) is 0 Å². The van der Waals surface area contributed by atoms with Crippen LogP contribution in [0.1, 0.15) is 30.5 Å². The van der Waals surface area contributed by atoms with E-state index in [4.69, 9.17) is 0 Å². The molecule has 4 heterocycles. The van der Waals surface area contributed by atoms with Gasteiger partial charge in [-0.1, -0.05) is 23.8 Å². The zero-order chi connectivity index (χ0) is 20.6. The van der Waals surface area contributed by atoms with Crippen LogP contribution in [-0.4, -0.2) is 36.5 Å². The SMILES string of the molecule is c1cc2cc(-c3cn(Cc4ccc5cc(CNCC6CCC6)[nH]c5c4)nn3)cnc2[nH]1. The van der Waals surface area contributed by atoms with Gasteiger partial charge in [-0.05, 0) is 60.5 Å². The summed E-state index contributed by atoms with van der Waals surface area (Å²) >= 11 is 0. The van der Waals surface area contributed by atoms with Gasteiger partial charge in [0, 0.05) is 41.1 Å². The Kier molecular flexibility index (Phi) is 4.53. The number of rotatable bonds is 7. The standard InChI is InChI=1S/C24H25N7/c1-2-16(3-1)11-25-13-21-10-18-5-4-17(8-22(18)28-21)14-31-15-23(29-30-31)20-9-19-6-7-26-24(19)27-12-20/h4-10,12,15-16,25,28H,1-3,11,13-14H2,(H,26,27). The quantitative estimate of drug-likeness (QED) is 0.374. The van der Waals surface area contributed by atoms with E-state index in [0.29, 0.717) is 6.54 Å². The second kappa shape index (κ2) is 7.67. The number of pyridine rings is 1. The predicted octanol–water partition coefficient (Wildman–Crippen LogP) is 4.24. The highest BCUT2D eigenvalue weighted by molar-refractivity contribution is 5.81. The molecule has 7 heteroatoms. The number of aromatic nitrogens is 6. The van der Waals surface area contributed by atoms with Crippen LogP contribution in [0.25, 0.3) is 33.2 Å². The number of nitrogens with one attached hydrogen (secondary N) is 3. The minimum atomic E-state index is 0.678. The minimum absolute atomic E-state index is 0.678. The molecule has 0 unspecified atom stereocenters. The Morgan fingerprint density at radius 1 is 1.10 bits per heavy atom. The fourth-order valence-corrected chi connectivity index (χ4v) is 4.31. The molecule has 1 fully saturated rings. The van der Waals surface area contributed by atoms with E-state index >= 15 is 0 Å². The molecule has 0 aliphatic heterocycles. The topological polar surface area (TPSA) is 87.2 Å². The molecule has 1 saturated carbocycles. The molecule has 31 heavy (non-hydrogen) atoms. The Morgan fingerprint density at radius 3 is 2.97 bits per heavy atom. The molecule has 0 atom stereocenters. The molecule has 0 bridgehead atoms. The molecule has 0 saturated heterocycles. The van der Waals surface area contributed by atoms with E-state index in [1.54, 1.807) is 0 Å². The highest BCUT2D eigenvalue weighted by Crippen LogP contribution is 2.25. The first-order chi connectivity index (χ1) is 15.3. The number of hydrogen-bond donors (Lipinski definition) is 3. The normalized spacial score (nSPS) is 14.5. The van der Waals surface area contributed by atoms with Crippen molar-refractivity contribution in [1.82, 2.24) is 35.3 Å². The van der Waals surface area contributed by atoms with Crippen molar-refractivity contribution in [2.75, 3.05) is 6.54 Å². The van der Waals surface area contributed by atoms with Crippen LogP contribution >= 0.6 is 0 Å². The second-order valence-electron chi connectivity index (χ2n) is 8.58. The zero-order valence-corrected chi connectivity index (χ0v) is 17.3. The third-order valence-corrected chi connectivity index (χ3v) is 6.29. The summed E-state index contributed by atoms with van der Waals surface area (Å²) < 4.78 is 1.88. The van der Waals surface area contributed by atoms with Gasteiger partial charge in [-0.15, -0.1) is 5.10 Å². The van der Waals surface area contributed by atoms with Crippen LogP contribution in [0.3, 0.4) is 0 Å². The Hall–Kier alpha value is -3.45. The average molecular weight is 412 g/mol. The molecule has 1 aliphatic carbocycles. The third-order valence-electron chi connectivity index (χ3n) is 6.29. The summed E-state index contributed by atoms with van der Waals surface area (Å²) in [7, 11) is 0. The predicted molar refractivity (Wildman–Crippen MR) is 122 cm³/mol. The lowest BCUT2D eigenvalue weighted by Crippen LogP contribution is -2.26. The van der Waals surface area contributed by atoms with E-state index in [1.165, 1.54) is 41.4 Å². The molecule has 7 nitrogen and oxygen atoms in total. The Bertz CT molecular complexity index is 1340. The molecule has 156 valence electrons. The summed E-state index contributed by atoms with van der Waals surface area (Å²) in [6, 6.07) is 12.9. The van der Waals surface area contributed by atoms with Gasteiger partial charge in [-0.2, -0.15) is 0 Å². The molecule has 0 amide bonds. The zero-order valence-electron chi connectivity index (χ0n) is 17.3. The van der Waals surface area contributed by atoms with Gasteiger partial charge in [0.15, 0.2) is 0 Å². The van der Waals surface area contributed by atoms with Gasteiger partial charge in [0.2, 0.25) is 0 Å². The lowest BCUT2D eigenvalue weighted by atomic mass is 9.85. The Labute approximate surface area is 179 Å². The smallest absolute Gasteiger partial charge is 0.137 e. The van der Waals surface area contributed by atoms with Gasteiger partial charge < -0.3 is 15.3 Å². The highest BCUT2D eigenvalue weighted by Gasteiger charge is 2.16. The van der Waals surface area contributed by atoms with Gasteiger partial charge in [0.05, 0.1) is 12.7 Å². The van der Waals surface area contributed by atoms with E-state index in [-0.39, 0.29) is 0 Å². The second-order valence-corrected chi connectivity index (χ2v) is 8.58. The van der Waals surface area contributed by atoms with Crippen LogP contribution in [-0.2, 0) is 13.1 Å². The van der Waals surface area contributed by atoms with E-state index in [9.17, 15) is 0 Å². The molecule has 0 spiro atoms. The van der Waals surface area contributed by atoms with E-state index in [1.807, 2.05) is 29.3 Å².